The fourth-order valence-electron chi connectivity index (χ4n) is 5.19. The maximum Gasteiger partial charge on any atom is 0.251 e. The molecule has 214 valence electrons. The number of rotatable bonds is 13. The van der Waals surface area contributed by atoms with Gasteiger partial charge in [0.2, 0.25) is 5.91 Å². The summed E-state index contributed by atoms with van der Waals surface area (Å²) in [4.78, 5) is 30.9. The number of nitrogens with zero attached hydrogens (tertiary/aromatic N) is 2. The Morgan fingerprint density at radius 3 is 2.50 bits per heavy atom. The van der Waals surface area contributed by atoms with E-state index in [1.165, 1.54) is 5.56 Å². The van der Waals surface area contributed by atoms with Crippen molar-refractivity contribution in [1.82, 2.24) is 20.4 Å². The fraction of sp³-hybridized carbons (Fsp3) is 0.455. The van der Waals surface area contributed by atoms with Gasteiger partial charge in [0, 0.05) is 37.8 Å². The Labute approximate surface area is 238 Å². The molecule has 40 heavy (non-hydrogen) atoms. The largest absolute Gasteiger partial charge is 0.494 e. The lowest BCUT2D eigenvalue weighted by molar-refractivity contribution is -0.124. The number of carbonyl (C=O) groups excluding carboxylic acids is 2. The van der Waals surface area contributed by atoms with E-state index in [1.54, 1.807) is 0 Å². The molecule has 0 aromatic heterocycles. The summed E-state index contributed by atoms with van der Waals surface area (Å²) < 4.78 is 5.85. The minimum atomic E-state index is -0.571. The van der Waals surface area contributed by atoms with Crippen molar-refractivity contribution in [2.24, 2.45) is 5.92 Å². The highest BCUT2D eigenvalue weighted by atomic mass is 16.5. The number of hydrogen-bond donors (Lipinski definition) is 2. The molecule has 3 aromatic carbocycles. The first-order chi connectivity index (χ1) is 19.3. The van der Waals surface area contributed by atoms with Gasteiger partial charge in [-0.3, -0.25) is 14.5 Å². The molecule has 4 rings (SSSR count). The van der Waals surface area contributed by atoms with Gasteiger partial charge in [-0.25, -0.2) is 0 Å². The van der Waals surface area contributed by atoms with Gasteiger partial charge in [-0.1, -0.05) is 56.3 Å². The maximum absolute atomic E-state index is 13.3. The molecule has 2 amide bonds. The summed E-state index contributed by atoms with van der Waals surface area (Å²) in [6, 6.07) is 21.4. The molecule has 0 spiro atoms. The lowest BCUT2D eigenvalue weighted by atomic mass is 10.0. The molecular formula is C33H44N4O3. The number of benzene rings is 3. The average molecular weight is 545 g/mol. The van der Waals surface area contributed by atoms with E-state index in [0.29, 0.717) is 18.6 Å². The Hall–Kier alpha value is -3.42. The third-order valence-electron chi connectivity index (χ3n) is 7.31. The van der Waals surface area contributed by atoms with Crippen LogP contribution in [0.3, 0.4) is 0 Å². The summed E-state index contributed by atoms with van der Waals surface area (Å²) in [6.07, 6.45) is 2.48. The molecular weight excluding hydrogens is 500 g/mol. The Balaban J connectivity index is 1.27. The van der Waals surface area contributed by atoms with Crippen LogP contribution in [-0.2, 0) is 11.3 Å². The summed E-state index contributed by atoms with van der Waals surface area (Å²) in [5, 5.41) is 8.31. The summed E-state index contributed by atoms with van der Waals surface area (Å²) >= 11 is 0. The van der Waals surface area contributed by atoms with Gasteiger partial charge in [-0.2, -0.15) is 0 Å². The van der Waals surface area contributed by atoms with Crippen molar-refractivity contribution in [2.75, 3.05) is 40.3 Å². The molecule has 2 N–H and O–H groups in total. The molecule has 0 saturated carbocycles. The first-order valence-electron chi connectivity index (χ1n) is 14.5. The predicted octanol–water partition coefficient (Wildman–Crippen LogP) is 4.71. The monoisotopic (exact) mass is 544 g/mol. The third kappa shape index (κ3) is 8.80. The minimum Gasteiger partial charge on any atom is -0.494 e. The number of nitrogens with one attached hydrogen (secondary N) is 2. The second-order valence-electron chi connectivity index (χ2n) is 11.6. The molecule has 3 aromatic rings. The first kappa shape index (κ1) is 29.6. The molecule has 1 saturated heterocycles. The van der Waals surface area contributed by atoms with E-state index < -0.39 is 6.04 Å². The normalized spacial score (nSPS) is 16.4. The van der Waals surface area contributed by atoms with Crippen LogP contribution in [0.25, 0.3) is 10.8 Å². The van der Waals surface area contributed by atoms with Gasteiger partial charge in [0.1, 0.15) is 11.8 Å². The van der Waals surface area contributed by atoms with Crippen molar-refractivity contribution >= 4 is 22.6 Å². The van der Waals surface area contributed by atoms with Crippen LogP contribution >= 0.6 is 0 Å². The molecule has 2 atom stereocenters. The highest BCUT2D eigenvalue weighted by molar-refractivity contribution is 6.00. The molecule has 7 heteroatoms. The second-order valence-corrected chi connectivity index (χ2v) is 11.6. The molecule has 1 fully saturated rings. The van der Waals surface area contributed by atoms with Crippen molar-refractivity contribution in [3.63, 3.8) is 0 Å². The third-order valence-corrected chi connectivity index (χ3v) is 7.31. The zero-order valence-corrected chi connectivity index (χ0v) is 24.4. The van der Waals surface area contributed by atoms with E-state index in [-0.39, 0.29) is 23.8 Å². The number of likely N-dealkylation sites (tertiary alicyclic amines) is 1. The Kier molecular flexibility index (Phi) is 10.6. The highest BCUT2D eigenvalue weighted by Crippen LogP contribution is 2.19. The van der Waals surface area contributed by atoms with E-state index in [0.717, 1.165) is 55.5 Å². The van der Waals surface area contributed by atoms with Crippen LogP contribution in [-0.4, -0.2) is 74.0 Å². The Morgan fingerprint density at radius 1 is 1.02 bits per heavy atom. The first-order valence-corrected chi connectivity index (χ1v) is 14.5. The zero-order valence-electron chi connectivity index (χ0n) is 24.4. The van der Waals surface area contributed by atoms with Crippen molar-refractivity contribution < 1.29 is 14.3 Å². The van der Waals surface area contributed by atoms with Crippen LogP contribution in [0, 0.1) is 5.92 Å². The van der Waals surface area contributed by atoms with Gasteiger partial charge >= 0.3 is 0 Å². The van der Waals surface area contributed by atoms with Crippen LogP contribution in [0.4, 0.5) is 0 Å². The predicted molar refractivity (Wildman–Crippen MR) is 162 cm³/mol. The molecule has 0 unspecified atom stereocenters. The quantitative estimate of drug-likeness (QED) is 0.305. The van der Waals surface area contributed by atoms with Crippen LogP contribution in [0.5, 0.6) is 5.75 Å². The van der Waals surface area contributed by atoms with Crippen molar-refractivity contribution in [3.8, 4) is 5.75 Å². The summed E-state index contributed by atoms with van der Waals surface area (Å²) in [6.45, 7) is 8.42. The number of hydrogen-bond acceptors (Lipinski definition) is 5. The lowest BCUT2D eigenvalue weighted by Crippen LogP contribution is -2.50. The smallest absolute Gasteiger partial charge is 0.251 e. The molecule has 7 nitrogen and oxygen atoms in total. The highest BCUT2D eigenvalue weighted by Gasteiger charge is 2.28. The molecule has 1 aliphatic heterocycles. The van der Waals surface area contributed by atoms with Crippen LogP contribution in [0.1, 0.15) is 49.0 Å². The lowest BCUT2D eigenvalue weighted by Gasteiger charge is -2.23. The molecule has 1 aliphatic rings. The van der Waals surface area contributed by atoms with E-state index >= 15 is 0 Å². The van der Waals surface area contributed by atoms with Gasteiger partial charge < -0.3 is 20.3 Å². The minimum absolute atomic E-state index is 0.0686. The van der Waals surface area contributed by atoms with Gasteiger partial charge in [0.05, 0.1) is 6.61 Å². The van der Waals surface area contributed by atoms with Gasteiger partial charge in [-0.05, 0) is 79.9 Å². The Morgan fingerprint density at radius 2 is 1.77 bits per heavy atom. The molecule has 0 radical (unpaired) electrons. The summed E-state index contributed by atoms with van der Waals surface area (Å²) in [7, 11) is 4.14. The van der Waals surface area contributed by atoms with Gasteiger partial charge in [0.25, 0.3) is 5.91 Å². The van der Waals surface area contributed by atoms with Crippen LogP contribution in [0.15, 0.2) is 66.7 Å². The standard InChI is InChI=1S/C33H44N4O3/c1-24(2)20-31(35-32(38)28-13-12-26-8-5-6-9-27(26)21-28)33(39)34-29-16-18-37(23-29)22-25-10-14-30(15-11-25)40-19-7-17-36(3)4/h5-6,8-15,21,24,29,31H,7,16-20,22-23H2,1-4H3,(H,34,39)(H,35,38)/t29-,31-/m0/s1. The van der Waals surface area contributed by atoms with Crippen LogP contribution < -0.4 is 15.4 Å². The molecule has 0 aliphatic carbocycles. The number of ether oxygens (including phenoxy) is 1. The van der Waals surface area contributed by atoms with Crippen molar-refractivity contribution in [3.05, 3.63) is 77.9 Å². The second kappa shape index (κ2) is 14.3. The topological polar surface area (TPSA) is 73.9 Å². The summed E-state index contributed by atoms with van der Waals surface area (Å²) in [5.74, 6) is 0.846. The van der Waals surface area contributed by atoms with E-state index in [4.69, 9.17) is 4.74 Å². The fourth-order valence-corrected chi connectivity index (χ4v) is 5.19. The number of amides is 2. The van der Waals surface area contributed by atoms with E-state index in [2.05, 4.69) is 60.5 Å². The Bertz CT molecular complexity index is 1260. The molecule has 0 bridgehead atoms. The molecule has 1 heterocycles. The van der Waals surface area contributed by atoms with Crippen molar-refractivity contribution in [2.45, 2.75) is 51.7 Å². The number of fused-ring (bicyclic) bond motifs is 1. The zero-order chi connectivity index (χ0) is 28.5. The van der Waals surface area contributed by atoms with Crippen LogP contribution in [0.2, 0.25) is 0 Å². The van der Waals surface area contributed by atoms with E-state index in [9.17, 15) is 9.59 Å². The van der Waals surface area contributed by atoms with Crippen molar-refractivity contribution in [1.29, 1.82) is 0 Å². The van der Waals surface area contributed by atoms with Gasteiger partial charge in [0.15, 0.2) is 0 Å². The summed E-state index contributed by atoms with van der Waals surface area (Å²) in [5.41, 5.74) is 1.80. The average Bonchev–Trinajstić information content (AvgIpc) is 3.37. The van der Waals surface area contributed by atoms with Gasteiger partial charge in [-0.15, -0.1) is 0 Å². The van der Waals surface area contributed by atoms with E-state index in [1.807, 2.05) is 54.6 Å². The SMILES string of the molecule is CC(C)C[C@H](NC(=O)c1ccc2ccccc2c1)C(=O)N[C@H]1CCN(Cc2ccc(OCCCN(C)C)cc2)C1. The number of carbonyl (C=O) groups is 2. The maximum atomic E-state index is 13.3.